The van der Waals surface area contributed by atoms with Crippen molar-refractivity contribution in [2.45, 2.75) is 24.7 Å². The van der Waals surface area contributed by atoms with Crippen LogP contribution < -0.4 is 0 Å². The minimum absolute atomic E-state index is 0.680. The Bertz CT molecular complexity index is 134. The van der Waals surface area contributed by atoms with Crippen molar-refractivity contribution in [3.63, 3.8) is 0 Å². The molecule has 0 aliphatic rings. The molecule has 0 N–H and O–H groups in total. The number of hydrogen-bond acceptors (Lipinski definition) is 1. The molecule has 0 saturated heterocycles. The van der Waals surface area contributed by atoms with Gasteiger partial charge in [0.2, 0.25) is 0 Å². The Labute approximate surface area is 72.9 Å². The highest BCUT2D eigenvalue weighted by molar-refractivity contribution is 4.81. The molecule has 0 bridgehead atoms. The van der Waals surface area contributed by atoms with Crippen LogP contribution in [0, 0.1) is 0 Å². The number of rotatable bonds is 6. The van der Waals surface area contributed by atoms with Crippen molar-refractivity contribution < 1.29 is 26.7 Å². The first-order chi connectivity index (χ1) is 6.04. The van der Waals surface area contributed by atoms with Gasteiger partial charge in [-0.2, -0.15) is 0 Å². The van der Waals surface area contributed by atoms with Crippen LogP contribution in [0.5, 0.6) is 0 Å². The molecule has 0 aliphatic heterocycles. The molecule has 4 atom stereocenters. The summed E-state index contributed by atoms with van der Waals surface area (Å²) in [6.07, 6.45) is -10.4. The zero-order chi connectivity index (χ0) is 10.4. The number of methoxy groups -OCH3 is 1. The van der Waals surface area contributed by atoms with E-state index in [9.17, 15) is 22.0 Å². The highest BCUT2D eigenvalue weighted by Crippen LogP contribution is 2.18. The second-order valence-corrected chi connectivity index (χ2v) is 2.53. The van der Waals surface area contributed by atoms with Gasteiger partial charge in [-0.15, -0.1) is 0 Å². The van der Waals surface area contributed by atoms with Gasteiger partial charge >= 0.3 is 0 Å². The lowest BCUT2D eigenvalue weighted by Crippen LogP contribution is -2.37. The lowest BCUT2D eigenvalue weighted by molar-refractivity contribution is -0.00347. The molecule has 0 aromatic heterocycles. The fourth-order valence-corrected chi connectivity index (χ4v) is 0.735. The van der Waals surface area contributed by atoms with Crippen LogP contribution in [0.1, 0.15) is 0 Å². The Morgan fingerprint density at radius 2 is 1.46 bits per heavy atom. The first-order valence-electron chi connectivity index (χ1n) is 3.65. The van der Waals surface area contributed by atoms with Crippen LogP contribution in [0.15, 0.2) is 0 Å². The fourth-order valence-electron chi connectivity index (χ4n) is 0.735. The van der Waals surface area contributed by atoms with Crippen molar-refractivity contribution in [1.29, 1.82) is 0 Å². The van der Waals surface area contributed by atoms with E-state index in [2.05, 4.69) is 4.74 Å². The predicted molar refractivity (Wildman–Crippen MR) is 37.4 cm³/mol. The van der Waals surface area contributed by atoms with Gasteiger partial charge < -0.3 is 4.74 Å². The van der Waals surface area contributed by atoms with Gasteiger partial charge in [0.1, 0.15) is 6.67 Å². The van der Waals surface area contributed by atoms with Gasteiger partial charge in [0.15, 0.2) is 24.7 Å². The van der Waals surface area contributed by atoms with E-state index in [1.54, 1.807) is 0 Å². The maximum absolute atomic E-state index is 12.6. The number of hydrogen-bond donors (Lipinski definition) is 0. The second-order valence-electron chi connectivity index (χ2n) is 2.53. The highest BCUT2D eigenvalue weighted by atomic mass is 19.2. The minimum atomic E-state index is -2.78. The number of ether oxygens (including phenoxy) is 1. The van der Waals surface area contributed by atoms with Crippen LogP contribution in [0.3, 0.4) is 0 Å². The van der Waals surface area contributed by atoms with E-state index in [4.69, 9.17) is 0 Å². The van der Waals surface area contributed by atoms with Crippen molar-refractivity contribution in [1.82, 2.24) is 0 Å². The van der Waals surface area contributed by atoms with Gasteiger partial charge in [0, 0.05) is 7.11 Å². The van der Waals surface area contributed by atoms with Gasteiger partial charge in [-0.05, 0) is 0 Å². The Hall–Kier alpha value is -0.390. The van der Waals surface area contributed by atoms with Crippen LogP contribution >= 0.6 is 0 Å². The summed E-state index contributed by atoms with van der Waals surface area (Å²) in [6.45, 7) is -2.35. The van der Waals surface area contributed by atoms with Crippen molar-refractivity contribution in [2.24, 2.45) is 0 Å². The monoisotopic (exact) mass is 206 g/mol. The standard InChI is InChI=1S/C7H11F5O/c1-13-3-5(10)7(12)6(11)4(9)2-8/h4-7H,2-3H2,1H3. The Morgan fingerprint density at radius 1 is 1.00 bits per heavy atom. The summed E-state index contributed by atoms with van der Waals surface area (Å²) in [5, 5.41) is 0. The van der Waals surface area contributed by atoms with Gasteiger partial charge in [-0.1, -0.05) is 0 Å². The molecular weight excluding hydrogens is 195 g/mol. The van der Waals surface area contributed by atoms with Crippen molar-refractivity contribution in [3.05, 3.63) is 0 Å². The molecule has 6 heteroatoms. The van der Waals surface area contributed by atoms with Crippen LogP contribution in [0.4, 0.5) is 22.0 Å². The van der Waals surface area contributed by atoms with Crippen LogP contribution in [-0.4, -0.2) is 45.1 Å². The predicted octanol–water partition coefficient (Wildman–Crippen LogP) is 1.95. The maximum Gasteiger partial charge on any atom is 0.168 e. The van der Waals surface area contributed by atoms with Crippen LogP contribution in [0.2, 0.25) is 0 Å². The van der Waals surface area contributed by atoms with E-state index in [1.807, 2.05) is 0 Å². The normalized spacial score (nSPS) is 20.8. The molecule has 1 nitrogen and oxygen atoms in total. The third kappa shape index (κ3) is 3.89. The van der Waals surface area contributed by atoms with Gasteiger partial charge in [-0.3, -0.25) is 0 Å². The Morgan fingerprint density at radius 3 is 1.85 bits per heavy atom. The van der Waals surface area contributed by atoms with E-state index < -0.39 is 38.0 Å². The van der Waals surface area contributed by atoms with Gasteiger partial charge in [0.05, 0.1) is 6.61 Å². The van der Waals surface area contributed by atoms with E-state index in [0.717, 1.165) is 7.11 Å². The first kappa shape index (κ1) is 12.6. The molecule has 0 spiro atoms. The number of alkyl halides is 5. The second kappa shape index (κ2) is 6.12. The molecule has 0 radical (unpaired) electrons. The van der Waals surface area contributed by atoms with E-state index in [1.165, 1.54) is 0 Å². The summed E-state index contributed by atoms with van der Waals surface area (Å²) in [6, 6.07) is 0. The molecule has 80 valence electrons. The van der Waals surface area contributed by atoms with Crippen molar-refractivity contribution in [3.8, 4) is 0 Å². The zero-order valence-electron chi connectivity index (χ0n) is 7.02. The van der Waals surface area contributed by atoms with E-state index in [0.29, 0.717) is 0 Å². The molecule has 0 rings (SSSR count). The molecule has 0 aromatic rings. The third-order valence-corrected chi connectivity index (χ3v) is 1.47. The fraction of sp³-hybridized carbons (Fsp3) is 1.00. The van der Waals surface area contributed by atoms with E-state index in [-0.39, 0.29) is 0 Å². The van der Waals surface area contributed by atoms with Gasteiger partial charge in [0.25, 0.3) is 0 Å². The first-order valence-corrected chi connectivity index (χ1v) is 3.65. The Kier molecular flexibility index (Phi) is 5.94. The molecule has 0 aromatic carbocycles. The molecule has 0 amide bonds. The summed E-state index contributed by atoms with van der Waals surface area (Å²) in [5.41, 5.74) is 0. The summed E-state index contributed by atoms with van der Waals surface area (Å²) < 4.78 is 65.5. The highest BCUT2D eigenvalue weighted by Gasteiger charge is 2.35. The van der Waals surface area contributed by atoms with Crippen molar-refractivity contribution in [2.75, 3.05) is 20.4 Å². The summed E-state index contributed by atoms with van der Waals surface area (Å²) in [5.74, 6) is 0. The molecule has 0 saturated carbocycles. The lowest BCUT2D eigenvalue weighted by atomic mass is 10.1. The Balaban J connectivity index is 3.99. The minimum Gasteiger partial charge on any atom is -0.382 e. The zero-order valence-corrected chi connectivity index (χ0v) is 7.02. The molecule has 0 heterocycles. The smallest absolute Gasteiger partial charge is 0.168 e. The van der Waals surface area contributed by atoms with Crippen LogP contribution in [-0.2, 0) is 4.74 Å². The summed E-state index contributed by atoms with van der Waals surface area (Å²) >= 11 is 0. The van der Waals surface area contributed by atoms with Crippen LogP contribution in [0.25, 0.3) is 0 Å². The molecule has 13 heavy (non-hydrogen) atoms. The van der Waals surface area contributed by atoms with Crippen molar-refractivity contribution >= 4 is 0 Å². The molecular formula is C7H11F5O. The average molecular weight is 206 g/mol. The molecule has 0 aliphatic carbocycles. The number of halogens is 5. The quantitative estimate of drug-likeness (QED) is 0.603. The third-order valence-electron chi connectivity index (χ3n) is 1.47. The molecule has 0 fully saturated rings. The topological polar surface area (TPSA) is 9.23 Å². The summed E-state index contributed by atoms with van der Waals surface area (Å²) in [4.78, 5) is 0. The average Bonchev–Trinajstić information content (AvgIpc) is 2.14. The SMILES string of the molecule is COCC(F)C(F)C(F)C(F)CF. The maximum atomic E-state index is 12.6. The van der Waals surface area contributed by atoms with E-state index >= 15 is 0 Å². The lowest BCUT2D eigenvalue weighted by Gasteiger charge is -2.18. The molecule has 4 unspecified atom stereocenters. The largest absolute Gasteiger partial charge is 0.382 e. The van der Waals surface area contributed by atoms with Gasteiger partial charge in [-0.25, -0.2) is 22.0 Å². The summed E-state index contributed by atoms with van der Waals surface area (Å²) in [7, 11) is 1.09.